The zero-order valence-electron chi connectivity index (χ0n) is 21.9. The smallest absolute Gasteiger partial charge is 0.264 e. The summed E-state index contributed by atoms with van der Waals surface area (Å²) in [6.45, 7) is 4.05. The van der Waals surface area contributed by atoms with E-state index in [0.29, 0.717) is 17.5 Å². The lowest BCUT2D eigenvalue weighted by atomic mass is 10.0. The summed E-state index contributed by atoms with van der Waals surface area (Å²) >= 11 is 6.14. The highest BCUT2D eigenvalue weighted by Crippen LogP contribution is 2.31. The van der Waals surface area contributed by atoms with E-state index < -0.39 is 10.0 Å². The Labute approximate surface area is 237 Å². The molecule has 6 rings (SSSR count). The van der Waals surface area contributed by atoms with Gasteiger partial charge in [-0.05, 0) is 67.8 Å². The molecule has 0 amide bonds. The van der Waals surface area contributed by atoms with Crippen LogP contribution in [0, 0.1) is 0 Å². The molecule has 1 fully saturated rings. The van der Waals surface area contributed by atoms with Gasteiger partial charge in [0.1, 0.15) is 16.7 Å². The van der Waals surface area contributed by atoms with Crippen LogP contribution >= 0.6 is 11.6 Å². The first-order valence-corrected chi connectivity index (χ1v) is 15.2. The SMILES string of the molecule is CCc1cc(-c2ccc3c(NS(=O)(=O)c4ccccc4Cl)ncnn23)cc2cnc(N[C@H]3CCCCNC3)nc12. The van der Waals surface area contributed by atoms with Crippen molar-refractivity contribution in [1.29, 1.82) is 0 Å². The Bertz CT molecular complexity index is 1800. The highest BCUT2D eigenvalue weighted by atomic mass is 35.5. The van der Waals surface area contributed by atoms with Crippen LogP contribution in [0.2, 0.25) is 5.02 Å². The number of anilines is 2. The number of hydrogen-bond donors (Lipinski definition) is 3. The third-order valence-electron chi connectivity index (χ3n) is 7.13. The maximum atomic E-state index is 13.1. The van der Waals surface area contributed by atoms with Crippen molar-refractivity contribution in [1.82, 2.24) is 29.9 Å². The van der Waals surface area contributed by atoms with E-state index in [1.165, 1.54) is 31.3 Å². The lowest BCUT2D eigenvalue weighted by molar-refractivity contribution is 0.601. The highest BCUT2D eigenvalue weighted by Gasteiger charge is 2.21. The monoisotopic (exact) mass is 576 g/mol. The largest absolute Gasteiger partial charge is 0.350 e. The molecule has 0 unspecified atom stereocenters. The molecule has 1 atom stereocenters. The van der Waals surface area contributed by atoms with Gasteiger partial charge < -0.3 is 10.6 Å². The fraction of sp³-hybridized carbons (Fsp3) is 0.286. The van der Waals surface area contributed by atoms with Gasteiger partial charge in [-0.25, -0.2) is 27.9 Å². The average Bonchev–Trinajstić information content (AvgIpc) is 3.23. The van der Waals surface area contributed by atoms with Crippen molar-refractivity contribution in [3.05, 3.63) is 71.6 Å². The molecule has 1 aliphatic rings. The molecule has 0 spiro atoms. The Balaban J connectivity index is 1.34. The number of nitrogens with zero attached hydrogens (tertiary/aromatic N) is 5. The summed E-state index contributed by atoms with van der Waals surface area (Å²) in [4.78, 5) is 13.7. The predicted molar refractivity (Wildman–Crippen MR) is 157 cm³/mol. The molecule has 1 saturated heterocycles. The number of hydrogen-bond acceptors (Lipinski definition) is 8. The molecule has 3 aromatic heterocycles. The Morgan fingerprint density at radius 2 is 2.00 bits per heavy atom. The van der Waals surface area contributed by atoms with Crippen LogP contribution in [0.25, 0.3) is 27.7 Å². The van der Waals surface area contributed by atoms with Crippen LogP contribution in [0.15, 0.2) is 66.0 Å². The minimum Gasteiger partial charge on any atom is -0.350 e. The average molecular weight is 577 g/mol. The second-order valence-corrected chi connectivity index (χ2v) is 11.9. The van der Waals surface area contributed by atoms with E-state index in [-0.39, 0.29) is 15.7 Å². The van der Waals surface area contributed by atoms with Gasteiger partial charge in [0.05, 0.1) is 16.2 Å². The first kappa shape index (κ1) is 26.4. The van der Waals surface area contributed by atoms with Crippen molar-refractivity contribution in [2.24, 2.45) is 0 Å². The van der Waals surface area contributed by atoms with Gasteiger partial charge in [0.25, 0.3) is 10.0 Å². The number of benzene rings is 2. The number of halogens is 1. The first-order chi connectivity index (χ1) is 19.4. The van der Waals surface area contributed by atoms with Gasteiger partial charge in [-0.2, -0.15) is 5.10 Å². The summed E-state index contributed by atoms with van der Waals surface area (Å²) in [6.07, 6.45) is 7.42. The van der Waals surface area contributed by atoms with Crippen LogP contribution in [-0.4, -0.2) is 52.1 Å². The van der Waals surface area contributed by atoms with Crippen molar-refractivity contribution in [3.8, 4) is 11.3 Å². The van der Waals surface area contributed by atoms with Gasteiger partial charge >= 0.3 is 0 Å². The molecule has 12 heteroatoms. The van der Waals surface area contributed by atoms with Gasteiger partial charge in [-0.1, -0.05) is 37.1 Å². The quantitative estimate of drug-likeness (QED) is 0.249. The van der Waals surface area contributed by atoms with Crippen LogP contribution in [0.3, 0.4) is 0 Å². The predicted octanol–water partition coefficient (Wildman–Crippen LogP) is 4.91. The molecule has 0 radical (unpaired) electrons. The standard InChI is InChI=1S/C28H29ClN8O2S/c1-2-18-13-19(14-20-15-31-28(35-26(18)20)34-21-7-5-6-12-30-16-21)23-10-11-24-27(32-17-33-37(23)24)36-40(38,39)25-9-4-3-8-22(25)29/h3-4,8-11,13-15,17,21,30H,2,5-7,12,16H2,1H3,(H,31,34,35)(H,32,33,36)/t21-/m0/s1. The molecule has 40 heavy (non-hydrogen) atoms. The van der Waals surface area contributed by atoms with Crippen LogP contribution in [-0.2, 0) is 16.4 Å². The van der Waals surface area contributed by atoms with E-state index in [4.69, 9.17) is 16.6 Å². The van der Waals surface area contributed by atoms with Gasteiger partial charge in [0, 0.05) is 29.7 Å². The molecule has 0 aliphatic carbocycles. The normalized spacial score (nSPS) is 16.2. The molecule has 10 nitrogen and oxygen atoms in total. The Morgan fingerprint density at radius 3 is 2.85 bits per heavy atom. The van der Waals surface area contributed by atoms with E-state index in [1.807, 2.05) is 18.3 Å². The summed E-state index contributed by atoms with van der Waals surface area (Å²) < 4.78 is 30.3. The molecule has 4 heterocycles. The molecular formula is C28H29ClN8O2S. The van der Waals surface area contributed by atoms with Gasteiger partial charge in [-0.3, -0.25) is 4.72 Å². The lowest BCUT2D eigenvalue weighted by Gasteiger charge is -2.17. The summed E-state index contributed by atoms with van der Waals surface area (Å²) in [5.74, 6) is 0.796. The van der Waals surface area contributed by atoms with E-state index in [9.17, 15) is 8.42 Å². The van der Waals surface area contributed by atoms with Gasteiger partial charge in [0.2, 0.25) is 5.95 Å². The maximum absolute atomic E-state index is 13.1. The summed E-state index contributed by atoms with van der Waals surface area (Å²) in [6, 6.07) is 14.4. The van der Waals surface area contributed by atoms with Crippen molar-refractivity contribution in [2.75, 3.05) is 23.1 Å². The second-order valence-electron chi connectivity index (χ2n) is 9.82. The summed E-state index contributed by atoms with van der Waals surface area (Å²) in [5, 5.41) is 12.4. The van der Waals surface area contributed by atoms with E-state index in [2.05, 4.69) is 43.4 Å². The molecular weight excluding hydrogens is 548 g/mol. The second kappa shape index (κ2) is 11.0. The van der Waals surface area contributed by atoms with Crippen molar-refractivity contribution >= 4 is 49.8 Å². The lowest BCUT2D eigenvalue weighted by Crippen LogP contribution is -2.31. The van der Waals surface area contributed by atoms with Crippen molar-refractivity contribution in [2.45, 2.75) is 43.5 Å². The Kier molecular flexibility index (Phi) is 7.26. The topological polar surface area (TPSA) is 126 Å². The highest BCUT2D eigenvalue weighted by molar-refractivity contribution is 7.92. The number of fused-ring (bicyclic) bond motifs is 2. The number of nitrogens with one attached hydrogen (secondary N) is 3. The third kappa shape index (κ3) is 5.19. The zero-order valence-corrected chi connectivity index (χ0v) is 23.5. The zero-order chi connectivity index (χ0) is 27.7. The minimum absolute atomic E-state index is 0.0218. The molecule has 1 aliphatic heterocycles. The van der Waals surface area contributed by atoms with Crippen molar-refractivity contribution in [3.63, 3.8) is 0 Å². The number of rotatable bonds is 7. The van der Waals surface area contributed by atoms with Crippen LogP contribution in [0.4, 0.5) is 11.8 Å². The van der Waals surface area contributed by atoms with Gasteiger partial charge in [0.15, 0.2) is 5.82 Å². The molecule has 3 N–H and O–H groups in total. The molecule has 0 saturated carbocycles. The maximum Gasteiger partial charge on any atom is 0.264 e. The number of aryl methyl sites for hydroxylation is 1. The molecule has 5 aromatic rings. The third-order valence-corrected chi connectivity index (χ3v) is 8.97. The molecule has 2 aromatic carbocycles. The van der Waals surface area contributed by atoms with Gasteiger partial charge in [-0.15, -0.1) is 0 Å². The van der Waals surface area contributed by atoms with E-state index in [0.717, 1.165) is 53.7 Å². The van der Waals surface area contributed by atoms with Crippen LogP contribution in [0.1, 0.15) is 31.7 Å². The Morgan fingerprint density at radius 1 is 1.12 bits per heavy atom. The summed E-state index contributed by atoms with van der Waals surface area (Å²) in [7, 11) is -3.96. The van der Waals surface area contributed by atoms with Crippen LogP contribution in [0.5, 0.6) is 0 Å². The fourth-order valence-electron chi connectivity index (χ4n) is 5.11. The van der Waals surface area contributed by atoms with Crippen molar-refractivity contribution < 1.29 is 8.42 Å². The minimum atomic E-state index is -3.96. The molecule has 206 valence electrons. The van der Waals surface area contributed by atoms with Crippen LogP contribution < -0.4 is 15.4 Å². The van der Waals surface area contributed by atoms with E-state index in [1.54, 1.807) is 22.7 Å². The first-order valence-electron chi connectivity index (χ1n) is 13.3. The summed E-state index contributed by atoms with van der Waals surface area (Å²) in [5.41, 5.74) is 4.22. The number of sulfonamides is 1. The van der Waals surface area contributed by atoms with E-state index >= 15 is 0 Å². The fourth-order valence-corrected chi connectivity index (χ4v) is 6.65. The molecule has 0 bridgehead atoms. The Hall–Kier alpha value is -3.80. The number of aromatic nitrogens is 5.